The molecule has 0 radical (unpaired) electrons. The van der Waals surface area contributed by atoms with Crippen LogP contribution < -0.4 is 5.32 Å². The van der Waals surface area contributed by atoms with Crippen LogP contribution in [0, 0.1) is 0 Å². The highest BCUT2D eigenvalue weighted by Crippen LogP contribution is 2.40. The lowest BCUT2D eigenvalue weighted by Gasteiger charge is -2.35. The van der Waals surface area contributed by atoms with Crippen LogP contribution in [0.15, 0.2) is 187 Å². The lowest BCUT2D eigenvalue weighted by Crippen LogP contribution is -2.44. The van der Waals surface area contributed by atoms with E-state index < -0.39 is 5.54 Å². The molecule has 4 nitrogen and oxygen atoms in total. The van der Waals surface area contributed by atoms with E-state index in [0.29, 0.717) is 0 Å². The van der Waals surface area contributed by atoms with Gasteiger partial charge in [-0.05, 0) is 54.2 Å². The van der Waals surface area contributed by atoms with Crippen molar-refractivity contribution in [1.29, 1.82) is 0 Å². The van der Waals surface area contributed by atoms with Gasteiger partial charge in [0.05, 0.1) is 22.6 Å². The predicted octanol–water partition coefficient (Wildman–Crippen LogP) is 11.9. The third-order valence-corrected chi connectivity index (χ3v) is 11.0. The van der Waals surface area contributed by atoms with Crippen molar-refractivity contribution in [2.45, 2.75) is 44.6 Å². The summed E-state index contributed by atoms with van der Waals surface area (Å²) in [5, 5.41) is 3.79. The fraction of sp³-hybridized carbons (Fsp3) is 0.140. The molecule has 7 aromatic rings. The third kappa shape index (κ3) is 6.79. The van der Waals surface area contributed by atoms with E-state index >= 15 is 0 Å². The minimum atomic E-state index is -0.424. The predicted molar refractivity (Wildman–Crippen MR) is 224 cm³/mol. The molecule has 54 heavy (non-hydrogen) atoms. The van der Waals surface area contributed by atoms with E-state index in [1.807, 2.05) is 18.2 Å². The van der Waals surface area contributed by atoms with Crippen molar-refractivity contribution in [3.05, 3.63) is 210 Å². The molecule has 1 N–H and O–H groups in total. The second-order valence-electron chi connectivity index (χ2n) is 14.2. The van der Waals surface area contributed by atoms with E-state index in [4.69, 9.17) is 15.0 Å². The summed E-state index contributed by atoms with van der Waals surface area (Å²) in [5.74, 6) is 1.58. The third-order valence-electron chi connectivity index (χ3n) is 11.0. The smallest absolute Gasteiger partial charge is 0.160 e. The van der Waals surface area contributed by atoms with Gasteiger partial charge < -0.3 is 5.32 Å². The molecule has 0 bridgehead atoms. The van der Waals surface area contributed by atoms with Gasteiger partial charge in [-0.25, -0.2) is 15.0 Å². The maximum absolute atomic E-state index is 5.18. The molecule has 6 aromatic carbocycles. The normalized spacial score (nSPS) is 15.5. The molecule has 0 saturated heterocycles. The molecule has 0 aliphatic carbocycles. The second-order valence-corrected chi connectivity index (χ2v) is 14.2. The molecule has 0 amide bonds. The van der Waals surface area contributed by atoms with Gasteiger partial charge in [-0.2, -0.15) is 0 Å². The van der Waals surface area contributed by atoms with Gasteiger partial charge in [-0.1, -0.05) is 184 Å². The monoisotopic (exact) mass is 700 g/mol. The summed E-state index contributed by atoms with van der Waals surface area (Å²) >= 11 is 0. The molecule has 264 valence electrons. The molecule has 8 rings (SSSR count). The van der Waals surface area contributed by atoms with Crippen molar-refractivity contribution in [3.8, 4) is 33.9 Å². The fourth-order valence-corrected chi connectivity index (χ4v) is 7.78. The van der Waals surface area contributed by atoms with Crippen LogP contribution in [0.5, 0.6) is 0 Å². The molecule has 1 aliphatic heterocycles. The van der Waals surface area contributed by atoms with Crippen LogP contribution in [-0.2, 0) is 11.0 Å². The molecule has 1 aliphatic rings. The van der Waals surface area contributed by atoms with E-state index in [1.165, 1.54) is 16.7 Å². The Balaban J connectivity index is 1.12. The van der Waals surface area contributed by atoms with E-state index in [1.54, 1.807) is 0 Å². The first-order valence-electron chi connectivity index (χ1n) is 18.9. The molecule has 1 aromatic heterocycles. The second kappa shape index (κ2) is 14.9. The van der Waals surface area contributed by atoms with Gasteiger partial charge >= 0.3 is 0 Å². The number of nitrogens with one attached hydrogen (secondary N) is 1. The average molecular weight is 701 g/mol. The number of rotatable bonds is 10. The largest absolute Gasteiger partial charge is 0.357 e. The van der Waals surface area contributed by atoms with Gasteiger partial charge in [0.25, 0.3) is 0 Å². The van der Waals surface area contributed by atoms with Gasteiger partial charge in [0.1, 0.15) is 5.84 Å². The molecule has 0 saturated carbocycles. The average Bonchev–Trinajstić information content (AvgIpc) is 3.26. The summed E-state index contributed by atoms with van der Waals surface area (Å²) < 4.78 is 0. The molecular formula is C50H44N4. The van der Waals surface area contributed by atoms with E-state index in [9.17, 15) is 0 Å². The highest BCUT2D eigenvalue weighted by Gasteiger charge is 2.33. The Morgan fingerprint density at radius 1 is 0.500 bits per heavy atom. The standard InChI is InChI=1S/C50H44N4/c1-4-50(5-2,42-30-26-39(27-31-42)47-51-44(36-18-10-6-11-19-36)34-45(52-47)37-20-12-7-13-21-37)43-32-28-40(29-33-43)48-53-46(38-22-14-8-15-23-38)35-49(3,54-48)41-24-16-9-17-25-41/h6-35H,4-5H2,1-3H3,(H,53,54). The van der Waals surface area contributed by atoms with Gasteiger partial charge in [-0.15, -0.1) is 0 Å². The zero-order valence-corrected chi connectivity index (χ0v) is 31.1. The minimum Gasteiger partial charge on any atom is -0.357 e. The van der Waals surface area contributed by atoms with Crippen LogP contribution in [0.2, 0.25) is 0 Å². The molecule has 0 fully saturated rings. The molecule has 0 spiro atoms. The lowest BCUT2D eigenvalue weighted by atomic mass is 9.70. The first-order chi connectivity index (χ1) is 26.5. The van der Waals surface area contributed by atoms with Crippen LogP contribution in [0.3, 0.4) is 0 Å². The summed E-state index contributed by atoms with van der Waals surface area (Å²) in [7, 11) is 0. The Labute approximate surface area is 319 Å². The van der Waals surface area contributed by atoms with Gasteiger partial charge in [0.2, 0.25) is 0 Å². The molecule has 1 unspecified atom stereocenters. The Bertz CT molecular complexity index is 2340. The van der Waals surface area contributed by atoms with Crippen LogP contribution in [0.4, 0.5) is 0 Å². The summed E-state index contributed by atoms with van der Waals surface area (Å²) in [6, 6.07) is 61.7. The number of aliphatic imine (C=N–C) groups is 1. The summed E-state index contributed by atoms with van der Waals surface area (Å²) in [6.45, 7) is 6.81. The van der Waals surface area contributed by atoms with Gasteiger partial charge in [0, 0.05) is 27.7 Å². The highest BCUT2D eigenvalue weighted by molar-refractivity contribution is 6.04. The topological polar surface area (TPSA) is 50.2 Å². The van der Waals surface area contributed by atoms with Crippen molar-refractivity contribution in [3.63, 3.8) is 0 Å². The van der Waals surface area contributed by atoms with E-state index in [0.717, 1.165) is 69.4 Å². The van der Waals surface area contributed by atoms with Crippen molar-refractivity contribution in [2.75, 3.05) is 0 Å². The number of amidine groups is 1. The number of hydrogen-bond donors (Lipinski definition) is 1. The van der Waals surface area contributed by atoms with Crippen molar-refractivity contribution < 1.29 is 0 Å². The summed E-state index contributed by atoms with van der Waals surface area (Å²) in [6.07, 6.45) is 4.17. The first-order valence-corrected chi connectivity index (χ1v) is 18.9. The Hall–Kier alpha value is -6.39. The molecular weight excluding hydrogens is 657 g/mol. The molecule has 2 heterocycles. The highest BCUT2D eigenvalue weighted by atomic mass is 15.1. The Morgan fingerprint density at radius 2 is 0.944 bits per heavy atom. The van der Waals surface area contributed by atoms with E-state index in [2.05, 4.69) is 190 Å². The Kier molecular flexibility index (Phi) is 9.58. The summed E-state index contributed by atoms with van der Waals surface area (Å²) in [4.78, 5) is 15.3. The quantitative estimate of drug-likeness (QED) is 0.155. The number of aromatic nitrogens is 2. The fourth-order valence-electron chi connectivity index (χ4n) is 7.78. The first kappa shape index (κ1) is 34.7. The number of hydrogen-bond acceptors (Lipinski definition) is 4. The van der Waals surface area contributed by atoms with E-state index in [-0.39, 0.29) is 5.41 Å². The van der Waals surface area contributed by atoms with Gasteiger partial charge in [-0.3, -0.25) is 0 Å². The SMILES string of the molecule is CCC(CC)(c1ccc(C2=NC(c3ccccc3)=CC(C)(c3ccccc3)N2)cc1)c1ccc(-c2nc(-c3ccccc3)cc(-c3ccccc3)n2)cc1. The maximum Gasteiger partial charge on any atom is 0.160 e. The van der Waals surface area contributed by atoms with Crippen LogP contribution in [0.1, 0.15) is 61.4 Å². The molecule has 4 heteroatoms. The number of benzene rings is 6. The minimum absolute atomic E-state index is 0.158. The van der Waals surface area contributed by atoms with Crippen LogP contribution >= 0.6 is 0 Å². The van der Waals surface area contributed by atoms with Gasteiger partial charge in [0.15, 0.2) is 5.82 Å². The summed E-state index contributed by atoms with van der Waals surface area (Å²) in [5.41, 5.74) is 11.3. The lowest BCUT2D eigenvalue weighted by molar-refractivity contribution is 0.478. The van der Waals surface area contributed by atoms with Crippen molar-refractivity contribution >= 4 is 11.5 Å². The number of nitrogens with zero attached hydrogens (tertiary/aromatic N) is 3. The maximum atomic E-state index is 5.18. The Morgan fingerprint density at radius 3 is 1.43 bits per heavy atom. The van der Waals surface area contributed by atoms with Crippen LogP contribution in [0.25, 0.3) is 39.6 Å². The van der Waals surface area contributed by atoms with Crippen LogP contribution in [-0.4, -0.2) is 15.8 Å². The van der Waals surface area contributed by atoms with Crippen molar-refractivity contribution in [2.24, 2.45) is 4.99 Å². The van der Waals surface area contributed by atoms with Crippen molar-refractivity contribution in [1.82, 2.24) is 15.3 Å². The zero-order chi connectivity index (χ0) is 37.0. The molecule has 1 atom stereocenters. The zero-order valence-electron chi connectivity index (χ0n) is 31.1.